The molecule has 0 bridgehead atoms. The van der Waals surface area contributed by atoms with Crippen LogP contribution in [0, 0.1) is 0 Å². The summed E-state index contributed by atoms with van der Waals surface area (Å²) in [5.74, 6) is 1.05. The van der Waals surface area contributed by atoms with Crippen LogP contribution in [0.1, 0.15) is 0 Å². The predicted molar refractivity (Wildman–Crippen MR) is 67.2 cm³/mol. The highest BCUT2D eigenvalue weighted by atomic mass is 32.2. The normalized spacial score (nSPS) is 11.2. The van der Waals surface area contributed by atoms with Crippen molar-refractivity contribution in [1.82, 2.24) is 0 Å². The van der Waals surface area contributed by atoms with Crippen molar-refractivity contribution < 1.29 is 17.7 Å². The van der Waals surface area contributed by atoms with Crippen LogP contribution in [0.4, 0.5) is 5.69 Å². The molecule has 0 aliphatic carbocycles. The molecule has 0 radical (unpaired) electrons. The van der Waals surface area contributed by atoms with Crippen LogP contribution in [0.15, 0.2) is 53.4 Å². The molecule has 0 aromatic heterocycles. The molecular formula is C12H11NO4S. The van der Waals surface area contributed by atoms with Crippen molar-refractivity contribution in [1.29, 1.82) is 0 Å². The van der Waals surface area contributed by atoms with Crippen molar-refractivity contribution in [2.75, 3.05) is 5.73 Å². The molecule has 0 heterocycles. The first-order valence-electron chi connectivity index (χ1n) is 5.06. The highest BCUT2D eigenvalue weighted by Gasteiger charge is 2.08. The summed E-state index contributed by atoms with van der Waals surface area (Å²) in [6.07, 6.45) is 0. The Morgan fingerprint density at radius 1 is 0.889 bits per heavy atom. The maximum absolute atomic E-state index is 10.8. The summed E-state index contributed by atoms with van der Waals surface area (Å²) in [4.78, 5) is -0.174. The Kier molecular flexibility index (Phi) is 3.22. The molecular weight excluding hydrogens is 254 g/mol. The second-order valence-electron chi connectivity index (χ2n) is 3.62. The van der Waals surface area contributed by atoms with Gasteiger partial charge in [-0.15, -0.1) is 0 Å². The predicted octanol–water partition coefficient (Wildman–Crippen LogP) is 2.31. The Morgan fingerprint density at radius 3 is 1.78 bits per heavy atom. The lowest BCUT2D eigenvalue weighted by Crippen LogP contribution is -1.97. The Hall–Kier alpha value is -2.05. The minimum atomic E-state index is -4.17. The molecule has 0 spiro atoms. The standard InChI is InChI=1S/C12H11NO4S/c13-9-1-3-10(4-2-9)17-11-5-7-12(8-6-11)18(14,15)16/h1-8H,13H2,(H,14,15,16). The fraction of sp³-hybridized carbons (Fsp3) is 0. The van der Waals surface area contributed by atoms with Gasteiger partial charge >= 0.3 is 0 Å². The number of benzene rings is 2. The molecule has 5 nitrogen and oxygen atoms in total. The largest absolute Gasteiger partial charge is 0.457 e. The lowest BCUT2D eigenvalue weighted by molar-refractivity contribution is 0.478. The molecule has 0 amide bonds. The molecule has 2 aromatic carbocycles. The van der Waals surface area contributed by atoms with Gasteiger partial charge in [-0.3, -0.25) is 4.55 Å². The summed E-state index contributed by atoms with van der Waals surface area (Å²) >= 11 is 0. The molecule has 0 aliphatic rings. The van der Waals surface area contributed by atoms with Gasteiger partial charge in [0.05, 0.1) is 4.90 Å². The second kappa shape index (κ2) is 4.67. The van der Waals surface area contributed by atoms with Crippen LogP contribution in [0.25, 0.3) is 0 Å². The maximum Gasteiger partial charge on any atom is 0.294 e. The van der Waals surface area contributed by atoms with Gasteiger partial charge in [-0.1, -0.05) is 0 Å². The van der Waals surface area contributed by atoms with Crippen LogP contribution in [-0.2, 0) is 10.1 Å². The zero-order valence-corrected chi connectivity index (χ0v) is 10.1. The SMILES string of the molecule is Nc1ccc(Oc2ccc(S(=O)(=O)O)cc2)cc1. The average Bonchev–Trinajstić information content (AvgIpc) is 2.32. The summed E-state index contributed by atoms with van der Waals surface area (Å²) in [5.41, 5.74) is 6.17. The van der Waals surface area contributed by atoms with E-state index in [4.69, 9.17) is 15.0 Å². The monoisotopic (exact) mass is 265 g/mol. The van der Waals surface area contributed by atoms with E-state index in [1.165, 1.54) is 24.3 Å². The van der Waals surface area contributed by atoms with E-state index in [2.05, 4.69) is 0 Å². The molecule has 0 unspecified atom stereocenters. The molecule has 0 atom stereocenters. The average molecular weight is 265 g/mol. The van der Waals surface area contributed by atoms with Gasteiger partial charge in [0.2, 0.25) is 0 Å². The molecule has 3 N–H and O–H groups in total. The molecule has 2 rings (SSSR count). The molecule has 18 heavy (non-hydrogen) atoms. The molecule has 0 aliphatic heterocycles. The van der Waals surface area contributed by atoms with E-state index in [9.17, 15) is 8.42 Å². The van der Waals surface area contributed by atoms with Gasteiger partial charge in [-0.25, -0.2) is 0 Å². The third-order valence-electron chi connectivity index (χ3n) is 2.24. The number of hydrogen-bond donors (Lipinski definition) is 2. The number of ether oxygens (including phenoxy) is 1. The van der Waals surface area contributed by atoms with Crippen LogP contribution in [-0.4, -0.2) is 13.0 Å². The number of anilines is 1. The van der Waals surface area contributed by atoms with Gasteiger partial charge in [0.25, 0.3) is 10.1 Å². The van der Waals surface area contributed by atoms with E-state index in [0.29, 0.717) is 17.2 Å². The van der Waals surface area contributed by atoms with Gasteiger partial charge < -0.3 is 10.5 Å². The Bertz CT molecular complexity index is 633. The summed E-state index contributed by atoms with van der Waals surface area (Å²) in [5, 5.41) is 0. The highest BCUT2D eigenvalue weighted by Crippen LogP contribution is 2.23. The topological polar surface area (TPSA) is 89.6 Å². The second-order valence-corrected chi connectivity index (χ2v) is 5.04. The van der Waals surface area contributed by atoms with E-state index < -0.39 is 10.1 Å². The van der Waals surface area contributed by atoms with Gasteiger partial charge in [-0.05, 0) is 48.5 Å². The van der Waals surface area contributed by atoms with E-state index in [1.54, 1.807) is 24.3 Å². The molecule has 0 saturated heterocycles. The number of nitrogens with two attached hydrogens (primary N) is 1. The summed E-state index contributed by atoms with van der Waals surface area (Å²) < 4.78 is 36.0. The lowest BCUT2D eigenvalue weighted by Gasteiger charge is -2.06. The van der Waals surface area contributed by atoms with Crippen LogP contribution < -0.4 is 10.5 Å². The molecule has 6 heteroatoms. The van der Waals surface area contributed by atoms with E-state index in [0.717, 1.165) is 0 Å². The van der Waals surface area contributed by atoms with Crippen molar-refractivity contribution in [2.45, 2.75) is 4.90 Å². The van der Waals surface area contributed by atoms with Crippen LogP contribution >= 0.6 is 0 Å². The quantitative estimate of drug-likeness (QED) is 0.656. The Labute approximate surface area is 105 Å². The summed E-state index contributed by atoms with van der Waals surface area (Å²) in [6.45, 7) is 0. The van der Waals surface area contributed by atoms with E-state index in [1.807, 2.05) is 0 Å². The number of hydrogen-bond acceptors (Lipinski definition) is 4. The summed E-state index contributed by atoms with van der Waals surface area (Å²) in [6, 6.07) is 12.2. The van der Waals surface area contributed by atoms with Gasteiger partial charge in [-0.2, -0.15) is 8.42 Å². The summed E-state index contributed by atoms with van der Waals surface area (Å²) in [7, 11) is -4.17. The molecule has 0 fully saturated rings. The van der Waals surface area contributed by atoms with Gasteiger partial charge in [0, 0.05) is 5.69 Å². The zero-order chi connectivity index (χ0) is 13.2. The first-order valence-corrected chi connectivity index (χ1v) is 6.50. The van der Waals surface area contributed by atoms with E-state index in [-0.39, 0.29) is 4.90 Å². The van der Waals surface area contributed by atoms with Crippen molar-refractivity contribution in [2.24, 2.45) is 0 Å². The van der Waals surface area contributed by atoms with Gasteiger partial charge in [0.1, 0.15) is 11.5 Å². The first-order chi connectivity index (χ1) is 8.45. The Balaban J connectivity index is 2.18. The van der Waals surface area contributed by atoms with Crippen molar-refractivity contribution in [3.63, 3.8) is 0 Å². The smallest absolute Gasteiger partial charge is 0.294 e. The maximum atomic E-state index is 10.8. The Morgan fingerprint density at radius 2 is 1.33 bits per heavy atom. The molecule has 94 valence electrons. The van der Waals surface area contributed by atoms with Crippen molar-refractivity contribution >= 4 is 15.8 Å². The number of rotatable bonds is 3. The van der Waals surface area contributed by atoms with Crippen LogP contribution in [0.5, 0.6) is 11.5 Å². The minimum absolute atomic E-state index is 0.174. The highest BCUT2D eigenvalue weighted by molar-refractivity contribution is 7.85. The van der Waals surface area contributed by atoms with Crippen LogP contribution in [0.3, 0.4) is 0 Å². The van der Waals surface area contributed by atoms with Crippen molar-refractivity contribution in [3.8, 4) is 11.5 Å². The zero-order valence-electron chi connectivity index (χ0n) is 9.28. The fourth-order valence-corrected chi connectivity index (χ4v) is 1.83. The third kappa shape index (κ3) is 2.99. The number of nitrogen functional groups attached to an aromatic ring is 1. The lowest BCUT2D eigenvalue weighted by atomic mass is 10.3. The van der Waals surface area contributed by atoms with Crippen molar-refractivity contribution in [3.05, 3.63) is 48.5 Å². The van der Waals surface area contributed by atoms with Gasteiger partial charge in [0.15, 0.2) is 0 Å². The molecule has 2 aromatic rings. The first kappa shape index (κ1) is 12.4. The van der Waals surface area contributed by atoms with E-state index >= 15 is 0 Å². The fourth-order valence-electron chi connectivity index (χ4n) is 1.35. The van der Waals surface area contributed by atoms with Crippen LogP contribution in [0.2, 0.25) is 0 Å². The third-order valence-corrected chi connectivity index (χ3v) is 3.11. The molecule has 0 saturated carbocycles. The minimum Gasteiger partial charge on any atom is -0.457 e.